The van der Waals surface area contributed by atoms with E-state index in [1.165, 1.54) is 0 Å². The van der Waals surface area contributed by atoms with Crippen LogP contribution in [0.4, 0.5) is 15.9 Å². The van der Waals surface area contributed by atoms with Crippen LogP contribution in [-0.2, 0) is 30.8 Å². The number of nitrogens with zero attached hydrogens (tertiary/aromatic N) is 6. The summed E-state index contributed by atoms with van der Waals surface area (Å²) < 4.78 is 32.7. The predicted octanol–water partition coefficient (Wildman–Crippen LogP) is 4.58. The summed E-state index contributed by atoms with van der Waals surface area (Å²) in [5.74, 6) is 1.04. The van der Waals surface area contributed by atoms with Crippen molar-refractivity contribution < 1.29 is 18.6 Å². The lowest BCUT2D eigenvalue weighted by Gasteiger charge is -2.38. The Labute approximate surface area is 224 Å². The van der Waals surface area contributed by atoms with Gasteiger partial charge in [-0.05, 0) is 30.9 Å². The van der Waals surface area contributed by atoms with Crippen LogP contribution in [0.15, 0.2) is 36.7 Å². The number of hydrogen-bond acceptors (Lipinski definition) is 8. The monoisotopic (exact) mass is 538 g/mol. The van der Waals surface area contributed by atoms with E-state index in [9.17, 15) is 4.39 Å². The van der Waals surface area contributed by atoms with Gasteiger partial charge in [-0.25, -0.2) is 4.98 Å². The lowest BCUT2D eigenvalue weighted by Crippen LogP contribution is -2.43. The number of methoxy groups -OCH3 is 2. The Morgan fingerprint density at radius 2 is 2.03 bits per heavy atom. The van der Waals surface area contributed by atoms with Gasteiger partial charge in [0.2, 0.25) is 5.95 Å². The fourth-order valence-electron chi connectivity index (χ4n) is 5.40. The van der Waals surface area contributed by atoms with Crippen molar-refractivity contribution >= 4 is 33.9 Å². The van der Waals surface area contributed by atoms with E-state index in [0.29, 0.717) is 42.5 Å². The largest absolute Gasteiger partial charge is 0.467 e. The smallest absolute Gasteiger partial charge is 0.318 e. The second kappa shape index (κ2) is 9.92. The molecule has 198 valence electrons. The fourth-order valence-corrected chi connectivity index (χ4v) is 5.68. The van der Waals surface area contributed by atoms with Crippen LogP contribution in [0.3, 0.4) is 0 Å². The van der Waals surface area contributed by atoms with E-state index in [1.807, 2.05) is 34.9 Å². The average molecular weight is 539 g/mol. The van der Waals surface area contributed by atoms with Crippen molar-refractivity contribution in [1.29, 1.82) is 0 Å². The molecule has 0 amide bonds. The molecule has 0 saturated heterocycles. The number of ether oxygens (including phenoxy) is 3. The molecule has 0 spiro atoms. The third-order valence-electron chi connectivity index (χ3n) is 7.25. The minimum absolute atomic E-state index is 0.0928. The van der Waals surface area contributed by atoms with Crippen LogP contribution in [-0.4, -0.2) is 53.1 Å². The van der Waals surface area contributed by atoms with Crippen molar-refractivity contribution in [3.8, 4) is 11.8 Å². The van der Waals surface area contributed by atoms with Gasteiger partial charge in [0, 0.05) is 43.3 Å². The number of rotatable bonds is 6. The van der Waals surface area contributed by atoms with Gasteiger partial charge in [-0.15, -0.1) is 0 Å². The third kappa shape index (κ3) is 4.27. The van der Waals surface area contributed by atoms with Crippen LogP contribution in [0.25, 0.3) is 10.8 Å². The zero-order chi connectivity index (χ0) is 26.4. The molecule has 0 bridgehead atoms. The molecule has 0 radical (unpaired) electrons. The van der Waals surface area contributed by atoms with Gasteiger partial charge in [-0.1, -0.05) is 23.7 Å². The van der Waals surface area contributed by atoms with Crippen molar-refractivity contribution in [1.82, 2.24) is 19.5 Å². The highest BCUT2D eigenvalue weighted by molar-refractivity contribution is 6.36. The van der Waals surface area contributed by atoms with Gasteiger partial charge >= 0.3 is 6.01 Å². The van der Waals surface area contributed by atoms with Gasteiger partial charge in [0.15, 0.2) is 6.79 Å². The third-order valence-corrected chi connectivity index (χ3v) is 7.56. The van der Waals surface area contributed by atoms with E-state index < -0.39 is 5.95 Å². The molecule has 0 aliphatic carbocycles. The molecular formula is C27H28ClFN6O3. The summed E-state index contributed by atoms with van der Waals surface area (Å²) in [7, 11) is 3.15. The number of anilines is 2. The van der Waals surface area contributed by atoms with Gasteiger partial charge in [0.05, 0.1) is 48.6 Å². The number of benzene rings is 2. The Morgan fingerprint density at radius 1 is 1.16 bits per heavy atom. The Kier molecular flexibility index (Phi) is 6.45. The van der Waals surface area contributed by atoms with E-state index in [0.717, 1.165) is 40.1 Å². The Balaban J connectivity index is 1.40. The Bertz CT molecular complexity index is 1510. The molecule has 2 aromatic heterocycles. The summed E-state index contributed by atoms with van der Waals surface area (Å²) in [5, 5.41) is 2.61. The molecule has 2 aliphatic heterocycles. The molecular weight excluding hydrogens is 511 g/mol. The standard InChI is InChI=1S/C27H28ClFN6O3/c1-16-11-34-14-30-25(29)23(34)13-35(16)26-19-7-8-33(12-21(19)31-27(32-26)37-3)22-10-18(38-15-36-2)9-17-5-4-6-20(28)24(17)22/h4-6,9-10,14,16H,7-8,11-13,15H2,1-3H3. The first-order valence-electron chi connectivity index (χ1n) is 12.5. The van der Waals surface area contributed by atoms with Crippen LogP contribution in [0.1, 0.15) is 23.9 Å². The van der Waals surface area contributed by atoms with Crippen molar-refractivity contribution in [2.45, 2.75) is 39.0 Å². The summed E-state index contributed by atoms with van der Waals surface area (Å²) in [5.41, 5.74) is 3.43. The van der Waals surface area contributed by atoms with Gasteiger partial charge in [0.25, 0.3) is 0 Å². The van der Waals surface area contributed by atoms with Crippen molar-refractivity contribution in [3.05, 3.63) is 64.6 Å². The first kappa shape index (κ1) is 24.7. The fraction of sp³-hybridized carbons (Fsp3) is 0.370. The van der Waals surface area contributed by atoms with Crippen LogP contribution < -0.4 is 19.3 Å². The molecule has 4 heterocycles. The maximum absolute atomic E-state index is 14.4. The lowest BCUT2D eigenvalue weighted by atomic mass is 10.0. The minimum atomic E-state index is -0.442. The molecule has 0 saturated carbocycles. The van der Waals surface area contributed by atoms with Gasteiger partial charge in [-0.2, -0.15) is 14.4 Å². The molecule has 2 aromatic carbocycles. The Hall–Kier alpha value is -3.63. The summed E-state index contributed by atoms with van der Waals surface area (Å²) in [4.78, 5) is 17.7. The number of hydrogen-bond donors (Lipinski definition) is 0. The average Bonchev–Trinajstić information content (AvgIpc) is 3.29. The van der Waals surface area contributed by atoms with Crippen LogP contribution in [0.2, 0.25) is 5.02 Å². The van der Waals surface area contributed by atoms with E-state index in [4.69, 9.17) is 35.8 Å². The van der Waals surface area contributed by atoms with Gasteiger partial charge in [-0.3, -0.25) is 0 Å². The summed E-state index contributed by atoms with van der Waals surface area (Å²) in [6, 6.07) is 10.2. The van der Waals surface area contributed by atoms with E-state index in [1.54, 1.807) is 20.5 Å². The zero-order valence-corrected chi connectivity index (χ0v) is 22.2. The highest BCUT2D eigenvalue weighted by atomic mass is 35.5. The van der Waals surface area contributed by atoms with Gasteiger partial charge < -0.3 is 28.6 Å². The maximum atomic E-state index is 14.4. The van der Waals surface area contributed by atoms with Gasteiger partial charge in [0.1, 0.15) is 11.6 Å². The molecule has 38 heavy (non-hydrogen) atoms. The zero-order valence-electron chi connectivity index (χ0n) is 21.4. The Morgan fingerprint density at radius 3 is 2.84 bits per heavy atom. The first-order chi connectivity index (χ1) is 18.5. The maximum Gasteiger partial charge on any atom is 0.318 e. The van der Waals surface area contributed by atoms with Crippen molar-refractivity contribution in [3.63, 3.8) is 0 Å². The molecule has 0 fully saturated rings. The molecule has 0 N–H and O–H groups in total. The van der Waals surface area contributed by atoms with Crippen molar-refractivity contribution in [2.24, 2.45) is 0 Å². The van der Waals surface area contributed by atoms with Crippen molar-refractivity contribution in [2.75, 3.05) is 37.4 Å². The van der Waals surface area contributed by atoms with Crippen LogP contribution in [0, 0.1) is 5.95 Å². The predicted molar refractivity (Wildman–Crippen MR) is 143 cm³/mol. The second-order valence-electron chi connectivity index (χ2n) is 9.57. The summed E-state index contributed by atoms with van der Waals surface area (Å²) in [6.07, 6.45) is 2.26. The molecule has 2 aliphatic rings. The minimum Gasteiger partial charge on any atom is -0.467 e. The summed E-state index contributed by atoms with van der Waals surface area (Å²) >= 11 is 6.69. The highest BCUT2D eigenvalue weighted by Gasteiger charge is 2.32. The van der Waals surface area contributed by atoms with Crippen LogP contribution in [0.5, 0.6) is 11.8 Å². The number of imidazole rings is 1. The molecule has 11 heteroatoms. The molecule has 1 atom stereocenters. The van der Waals surface area contributed by atoms with E-state index >= 15 is 0 Å². The first-order valence-corrected chi connectivity index (χ1v) is 12.8. The number of aromatic nitrogens is 4. The second-order valence-corrected chi connectivity index (χ2v) is 9.98. The normalized spacial score (nSPS) is 16.9. The SMILES string of the molecule is COCOc1cc(N2CCc3c(nc(OC)nc3N3Cc4c(F)ncn4CC3C)C2)c2c(Cl)cccc2c1. The number of fused-ring (bicyclic) bond motifs is 3. The number of halogens is 2. The summed E-state index contributed by atoms with van der Waals surface area (Å²) in [6.45, 7) is 4.51. The molecule has 1 unspecified atom stereocenters. The van der Waals surface area contributed by atoms with Crippen LogP contribution >= 0.6 is 11.6 Å². The topological polar surface area (TPSA) is 77.8 Å². The quantitative estimate of drug-likeness (QED) is 0.330. The molecule has 9 nitrogen and oxygen atoms in total. The lowest BCUT2D eigenvalue weighted by molar-refractivity contribution is 0.0512. The van der Waals surface area contributed by atoms with E-state index in [2.05, 4.69) is 21.7 Å². The van der Waals surface area contributed by atoms with E-state index in [-0.39, 0.29) is 18.8 Å². The highest BCUT2D eigenvalue weighted by Crippen LogP contribution is 2.40. The molecule has 6 rings (SSSR count). The molecule has 4 aromatic rings.